The topological polar surface area (TPSA) is 409 Å². The summed E-state index contributed by atoms with van der Waals surface area (Å²) >= 11 is 0. The third-order valence-corrected chi connectivity index (χ3v) is 19.0. The van der Waals surface area contributed by atoms with Crippen LogP contribution in [0.2, 0.25) is 0 Å². The number of ether oxygens (including phenoxy) is 1. The molecule has 100 heavy (non-hydrogen) atoms. The molecule has 6 aromatic rings. The Labute approximate surface area is 574 Å². The average Bonchev–Trinajstić information content (AvgIpc) is 0.729. The maximum absolute atomic E-state index is 13.2. The van der Waals surface area contributed by atoms with Gasteiger partial charge in [-0.1, -0.05) is 40.0 Å². The first kappa shape index (κ1) is 72.0. The number of unbranched alkanes of at least 4 members (excludes halogenated alkanes) is 6. The molecule has 0 spiro atoms. The molecule has 12 rings (SSSR count). The van der Waals surface area contributed by atoms with Crippen LogP contribution in [0.25, 0.3) is 32.3 Å². The fraction of sp³-hybridized carbons (Fsp3) is 0.384. The van der Waals surface area contributed by atoms with Gasteiger partial charge in [0.05, 0.1) is 13.2 Å². The number of nitrogens with zero attached hydrogens (tertiary/aromatic N) is 6. The number of carbonyl (C=O) groups excluding carboxylic acids is 14. The molecule has 27 heteroatoms. The van der Waals surface area contributed by atoms with E-state index in [4.69, 9.17) is 28.0 Å². The largest absolute Gasteiger partial charge is 0.480 e. The Morgan fingerprint density at radius 3 is 0.670 bits per heavy atom. The van der Waals surface area contributed by atoms with E-state index in [0.717, 1.165) is 29.1 Å². The Bertz CT molecular complexity index is 4120. The van der Waals surface area contributed by atoms with Crippen LogP contribution in [0.4, 0.5) is 0 Å². The summed E-state index contributed by atoms with van der Waals surface area (Å²) < 4.78 is 4.61. The van der Waals surface area contributed by atoms with Gasteiger partial charge in [-0.3, -0.25) is 101 Å². The zero-order valence-electron chi connectivity index (χ0n) is 56.0. The average molecular weight is 1370 g/mol. The van der Waals surface area contributed by atoms with Gasteiger partial charge in [-0.25, -0.2) is 0 Å². The van der Waals surface area contributed by atoms with Gasteiger partial charge in [-0.05, 0) is 150 Å². The summed E-state index contributed by atoms with van der Waals surface area (Å²) in [7, 11) is 1.27. The number of primary amides is 1. The Morgan fingerprint density at radius 1 is 0.320 bits per heavy atom. The highest BCUT2D eigenvalue weighted by atomic mass is 16.5. The third kappa shape index (κ3) is 13.1. The third-order valence-electron chi connectivity index (χ3n) is 19.0. The number of carbonyl (C=O) groups is 15. The molecule has 0 saturated heterocycles. The standard InChI is InChI=1S/C25H27N3O6.C24H26N4O5.C24H25N3O6/c1-3-4-12-27-21(29)14-8-10-16-20-17(11-9-15(19(14)20)22(27)30)24(32)28(23(16)31)13-6-5-7-18(26)25(33)34-2;1-2-3-11-27-21(30)13-7-9-15-19-16(10-8-14(18(13)19)22(27)31)24(33)28(23(15)32)12-5-4-6-17(25)20(26)29;1-2-3-11-26-20(28)13-7-9-15-19-16(10-8-14(18(13)19)21(26)29)23(31)27(22(15)30)12-5-4-6-17(25)24(32)33/h8-11,18H,3-7,12-13,26H2,1-2H3;7-10,17H,2-6,11-12,25H2,1H3,(H2,26,29);7-10,17H,2-6,11-12,25H2,1H3,(H,32,33). The first-order valence-electron chi connectivity index (χ1n) is 33.7. The van der Waals surface area contributed by atoms with Gasteiger partial charge in [0.15, 0.2) is 0 Å². The summed E-state index contributed by atoms with van der Waals surface area (Å²) in [4.78, 5) is 198. The highest BCUT2D eigenvalue weighted by Crippen LogP contribution is 2.42. The zero-order valence-corrected chi connectivity index (χ0v) is 56.0. The van der Waals surface area contributed by atoms with Gasteiger partial charge < -0.3 is 32.8 Å². The Morgan fingerprint density at radius 2 is 0.500 bits per heavy atom. The monoisotopic (exact) mass is 1370 g/mol. The smallest absolute Gasteiger partial charge is 0.322 e. The van der Waals surface area contributed by atoms with E-state index in [-0.39, 0.29) is 37.2 Å². The first-order valence-corrected chi connectivity index (χ1v) is 33.7. The SMILES string of the molecule is CCCCN1C(=O)c2ccc3c4c(ccc(c24)C1=O)C(=O)N(CCCCC(N)C(=O)O)C3=O.CCCCN1C(=O)c2ccc3c4c(ccc(c24)C1=O)C(=O)N(CCCCC(N)C(=O)OC)C3=O.CCCCN1C(=O)c2ccc3c4c(ccc(c24)C1=O)C(=O)N(CCCCC(N)C(N)=O)C3=O. The molecule has 0 aromatic heterocycles. The maximum Gasteiger partial charge on any atom is 0.322 e. The van der Waals surface area contributed by atoms with Crippen molar-refractivity contribution >= 4 is 121 Å². The molecule has 0 bridgehead atoms. The fourth-order valence-corrected chi connectivity index (χ4v) is 13.5. The molecule has 0 aliphatic carbocycles. The molecule has 6 aliphatic rings. The second kappa shape index (κ2) is 30.1. The number of rotatable bonds is 27. The van der Waals surface area contributed by atoms with Crippen molar-refractivity contribution in [2.45, 2.75) is 135 Å². The molecular formula is C73H78N10O17. The lowest BCUT2D eigenvalue weighted by atomic mass is 9.86. The molecule has 0 fully saturated rings. The summed E-state index contributed by atoms with van der Waals surface area (Å²) in [6.45, 7) is 7.35. The van der Waals surface area contributed by atoms with Crippen molar-refractivity contribution in [3.8, 4) is 0 Å². The van der Waals surface area contributed by atoms with Crippen LogP contribution < -0.4 is 22.9 Å². The molecule has 13 amide bonds. The van der Waals surface area contributed by atoms with E-state index >= 15 is 0 Å². The number of carboxylic acids is 1. The molecule has 522 valence electrons. The number of amides is 13. The summed E-state index contributed by atoms with van der Waals surface area (Å²) in [5.74, 6) is -7.49. The van der Waals surface area contributed by atoms with Crippen LogP contribution in [0.1, 0.15) is 241 Å². The Hall–Kier alpha value is -10.8. The van der Waals surface area contributed by atoms with Gasteiger partial charge >= 0.3 is 11.9 Å². The maximum atomic E-state index is 13.2. The van der Waals surface area contributed by atoms with Gasteiger partial charge in [0.25, 0.3) is 70.9 Å². The summed E-state index contributed by atoms with van der Waals surface area (Å²) in [6, 6.07) is 16.2. The minimum Gasteiger partial charge on any atom is -0.480 e. The molecule has 27 nitrogen and oxygen atoms in total. The number of methoxy groups -OCH3 is 1. The lowest BCUT2D eigenvalue weighted by molar-refractivity contribution is -0.142. The molecule has 6 heterocycles. The lowest BCUT2D eigenvalue weighted by Crippen LogP contribution is -2.43. The molecule has 0 radical (unpaired) electrons. The van der Waals surface area contributed by atoms with Crippen LogP contribution in [0.5, 0.6) is 0 Å². The predicted octanol–water partition coefficient (Wildman–Crippen LogP) is 6.73. The van der Waals surface area contributed by atoms with Gasteiger partial charge in [0.1, 0.15) is 12.1 Å². The molecule has 6 aromatic carbocycles. The van der Waals surface area contributed by atoms with Crippen LogP contribution >= 0.6 is 0 Å². The van der Waals surface area contributed by atoms with Crippen molar-refractivity contribution in [2.75, 3.05) is 46.4 Å². The van der Waals surface area contributed by atoms with E-state index in [1.807, 2.05) is 20.8 Å². The van der Waals surface area contributed by atoms with Crippen molar-refractivity contribution in [1.82, 2.24) is 29.4 Å². The van der Waals surface area contributed by atoms with Crippen LogP contribution in [0.3, 0.4) is 0 Å². The Kier molecular flexibility index (Phi) is 21.7. The van der Waals surface area contributed by atoms with Gasteiger partial charge in [0.2, 0.25) is 5.91 Å². The van der Waals surface area contributed by atoms with Crippen LogP contribution in [0, 0.1) is 0 Å². The number of nitrogens with two attached hydrogens (primary N) is 4. The van der Waals surface area contributed by atoms with Crippen molar-refractivity contribution in [1.29, 1.82) is 0 Å². The van der Waals surface area contributed by atoms with Crippen molar-refractivity contribution in [3.63, 3.8) is 0 Å². The highest BCUT2D eigenvalue weighted by Gasteiger charge is 2.43. The van der Waals surface area contributed by atoms with Crippen molar-refractivity contribution in [3.05, 3.63) is 140 Å². The molecule has 3 atom stereocenters. The molecule has 9 N–H and O–H groups in total. The summed E-state index contributed by atoms with van der Waals surface area (Å²) in [5, 5.41) is 11.1. The number of aliphatic carboxylic acids is 1. The minimum atomic E-state index is -1.09. The summed E-state index contributed by atoms with van der Waals surface area (Å²) in [5.41, 5.74) is 25.7. The number of carboxylic acid groups (broad SMARTS) is 1. The van der Waals surface area contributed by atoms with E-state index in [2.05, 4.69) is 4.74 Å². The first-order chi connectivity index (χ1) is 47.9. The van der Waals surface area contributed by atoms with Crippen LogP contribution in [-0.4, -0.2) is 188 Å². The lowest BCUT2D eigenvalue weighted by Gasteiger charge is -2.32. The molecule has 6 aliphatic heterocycles. The second-order valence-electron chi connectivity index (χ2n) is 25.4. The normalized spacial score (nSPS) is 16.0. The van der Waals surface area contributed by atoms with E-state index in [0.29, 0.717) is 178 Å². The van der Waals surface area contributed by atoms with Crippen LogP contribution in [-0.2, 0) is 19.1 Å². The minimum absolute atomic E-state index is 0.122. The second-order valence-corrected chi connectivity index (χ2v) is 25.4. The molecular weight excluding hydrogens is 1290 g/mol. The van der Waals surface area contributed by atoms with E-state index in [1.165, 1.54) is 26.7 Å². The fourth-order valence-electron chi connectivity index (χ4n) is 13.5. The van der Waals surface area contributed by atoms with E-state index in [9.17, 15) is 71.9 Å². The molecule has 0 saturated carbocycles. The Balaban J connectivity index is 0.000000162. The van der Waals surface area contributed by atoms with Crippen molar-refractivity contribution in [2.24, 2.45) is 22.9 Å². The van der Waals surface area contributed by atoms with Gasteiger partial charge in [-0.15, -0.1) is 0 Å². The summed E-state index contributed by atoms with van der Waals surface area (Å²) in [6.07, 6.45) is 8.43. The number of imide groups is 6. The number of esters is 1. The van der Waals surface area contributed by atoms with E-state index < -0.39 is 107 Å². The molecule has 3 unspecified atom stereocenters. The van der Waals surface area contributed by atoms with Crippen molar-refractivity contribution < 1.29 is 81.8 Å². The predicted molar refractivity (Wildman–Crippen MR) is 363 cm³/mol. The van der Waals surface area contributed by atoms with Gasteiger partial charge in [0, 0.05) is 138 Å². The van der Waals surface area contributed by atoms with E-state index in [1.54, 1.807) is 72.8 Å². The number of benzene rings is 6. The zero-order chi connectivity index (χ0) is 72.3. The quantitative estimate of drug-likeness (QED) is 0.0203. The number of hydrogen-bond donors (Lipinski definition) is 5. The number of hydrogen-bond acceptors (Lipinski definition) is 19. The van der Waals surface area contributed by atoms with Crippen LogP contribution in [0.15, 0.2) is 72.8 Å². The highest BCUT2D eigenvalue weighted by molar-refractivity contribution is 6.36. The van der Waals surface area contributed by atoms with Gasteiger partial charge in [-0.2, -0.15) is 0 Å².